The van der Waals surface area contributed by atoms with E-state index in [1.807, 2.05) is 63.7 Å². The van der Waals surface area contributed by atoms with Gasteiger partial charge in [-0.25, -0.2) is 0 Å². The number of nitrogens with zero attached hydrogens (tertiary/aromatic N) is 5. The second-order valence-corrected chi connectivity index (χ2v) is 5.83. The molecule has 1 aromatic carbocycles. The Kier molecular flexibility index (Phi) is 3.92. The van der Waals surface area contributed by atoms with Crippen molar-refractivity contribution in [3.8, 4) is 11.4 Å². The lowest BCUT2D eigenvalue weighted by Gasteiger charge is -2.08. The third-order valence-corrected chi connectivity index (χ3v) is 4.21. The van der Waals surface area contributed by atoms with Gasteiger partial charge >= 0.3 is 0 Å². The van der Waals surface area contributed by atoms with Crippen molar-refractivity contribution in [1.29, 1.82) is 0 Å². The lowest BCUT2D eigenvalue weighted by Crippen LogP contribution is -2.14. The molecule has 0 fully saturated rings. The summed E-state index contributed by atoms with van der Waals surface area (Å²) in [5, 5.41) is 15.5. The quantitative estimate of drug-likeness (QED) is 0.802. The zero-order valence-corrected chi connectivity index (χ0v) is 14.5. The lowest BCUT2D eigenvalue weighted by molar-refractivity contribution is 0.102. The van der Waals surface area contributed by atoms with E-state index < -0.39 is 0 Å². The van der Waals surface area contributed by atoms with Crippen molar-refractivity contribution >= 4 is 11.6 Å². The van der Waals surface area contributed by atoms with Crippen LogP contribution in [0.1, 0.15) is 27.6 Å². The molecule has 3 rings (SSSR count). The molecule has 0 aliphatic heterocycles. The molecule has 0 unspecified atom stereocenters. The summed E-state index contributed by atoms with van der Waals surface area (Å²) in [5.74, 6) is 1.43. The molecule has 0 bridgehead atoms. The number of hydrogen-bond donors (Lipinski definition) is 1. The van der Waals surface area contributed by atoms with Crippen LogP contribution < -0.4 is 5.32 Å². The first-order valence-electron chi connectivity index (χ1n) is 7.66. The summed E-state index contributed by atoms with van der Waals surface area (Å²) in [6.07, 6.45) is 0. The highest BCUT2D eigenvalue weighted by Crippen LogP contribution is 2.22. The average Bonchev–Trinajstić information content (AvgIpc) is 2.99. The van der Waals surface area contributed by atoms with E-state index in [1.54, 1.807) is 4.68 Å². The van der Waals surface area contributed by atoms with Crippen molar-refractivity contribution in [2.75, 3.05) is 5.32 Å². The summed E-state index contributed by atoms with van der Waals surface area (Å²) < 4.78 is 3.62. The lowest BCUT2D eigenvalue weighted by atomic mass is 10.1. The van der Waals surface area contributed by atoms with Gasteiger partial charge in [0.2, 0.25) is 0 Å². The van der Waals surface area contributed by atoms with Crippen LogP contribution in [0.3, 0.4) is 0 Å². The van der Waals surface area contributed by atoms with Crippen LogP contribution in [0.25, 0.3) is 11.4 Å². The van der Waals surface area contributed by atoms with Crippen LogP contribution in [-0.4, -0.2) is 30.5 Å². The number of anilines is 1. The number of nitrogens with one attached hydrogen (secondary N) is 1. The van der Waals surface area contributed by atoms with Crippen LogP contribution in [0.5, 0.6) is 0 Å². The molecule has 3 aromatic rings. The number of carbonyl (C=O) groups excluding carboxylic acids is 1. The van der Waals surface area contributed by atoms with Crippen LogP contribution in [-0.2, 0) is 14.1 Å². The minimum Gasteiger partial charge on any atom is -0.322 e. The van der Waals surface area contributed by atoms with Crippen molar-refractivity contribution in [3.05, 3.63) is 47.0 Å². The first-order valence-corrected chi connectivity index (χ1v) is 7.66. The maximum Gasteiger partial charge on any atom is 0.259 e. The number of benzene rings is 1. The molecule has 1 N–H and O–H groups in total. The molecule has 1 amide bonds. The van der Waals surface area contributed by atoms with E-state index >= 15 is 0 Å². The highest BCUT2D eigenvalue weighted by molar-refractivity contribution is 6.06. The van der Waals surface area contributed by atoms with Crippen LogP contribution in [0, 0.1) is 20.8 Å². The van der Waals surface area contributed by atoms with Gasteiger partial charge in [0.15, 0.2) is 5.82 Å². The summed E-state index contributed by atoms with van der Waals surface area (Å²) >= 11 is 0. The second kappa shape index (κ2) is 5.92. The molecule has 0 radical (unpaired) electrons. The molecule has 0 saturated heterocycles. The zero-order chi connectivity index (χ0) is 17.4. The third kappa shape index (κ3) is 2.68. The fourth-order valence-corrected chi connectivity index (χ4v) is 2.69. The summed E-state index contributed by atoms with van der Waals surface area (Å²) in [6, 6.07) is 7.58. The van der Waals surface area contributed by atoms with Gasteiger partial charge in [-0.2, -0.15) is 5.10 Å². The molecule has 2 aromatic heterocycles. The van der Waals surface area contributed by atoms with E-state index in [0.29, 0.717) is 16.9 Å². The molecular weight excluding hydrogens is 304 g/mol. The molecule has 124 valence electrons. The Morgan fingerprint density at radius 1 is 1.12 bits per heavy atom. The van der Waals surface area contributed by atoms with Gasteiger partial charge in [0.05, 0.1) is 11.3 Å². The third-order valence-electron chi connectivity index (χ3n) is 4.21. The SMILES string of the molecule is Cc1nn(C)c(C)c1C(=O)Nc1cccc(-c2nnc(C)n2C)c1. The van der Waals surface area contributed by atoms with Gasteiger partial charge in [-0.05, 0) is 32.9 Å². The molecule has 24 heavy (non-hydrogen) atoms. The minimum absolute atomic E-state index is 0.163. The van der Waals surface area contributed by atoms with Crippen molar-refractivity contribution in [1.82, 2.24) is 24.5 Å². The zero-order valence-electron chi connectivity index (χ0n) is 14.5. The minimum atomic E-state index is -0.163. The summed E-state index contributed by atoms with van der Waals surface area (Å²) in [4.78, 5) is 12.6. The first-order chi connectivity index (χ1) is 11.4. The predicted octanol–water partition coefficient (Wildman–Crippen LogP) is 2.39. The van der Waals surface area contributed by atoms with Crippen molar-refractivity contribution in [2.24, 2.45) is 14.1 Å². The molecule has 0 saturated carbocycles. The Bertz CT molecular complexity index is 921. The van der Waals surface area contributed by atoms with Gasteiger partial charge in [-0.15, -0.1) is 10.2 Å². The molecule has 2 heterocycles. The van der Waals surface area contributed by atoms with E-state index in [-0.39, 0.29) is 5.91 Å². The average molecular weight is 324 g/mol. The van der Waals surface area contributed by atoms with Crippen LogP contribution >= 0.6 is 0 Å². The number of aromatic nitrogens is 5. The molecule has 0 aliphatic rings. The number of aryl methyl sites for hydroxylation is 3. The smallest absolute Gasteiger partial charge is 0.259 e. The highest BCUT2D eigenvalue weighted by atomic mass is 16.1. The predicted molar refractivity (Wildman–Crippen MR) is 91.8 cm³/mol. The topological polar surface area (TPSA) is 77.6 Å². The standard InChI is InChI=1S/C17H20N6O/c1-10-15(11(2)23(5)21-10)17(24)18-14-8-6-7-13(9-14)16-20-19-12(3)22(16)4/h6-9H,1-5H3,(H,18,24). The normalized spacial score (nSPS) is 10.9. The first kappa shape index (κ1) is 15.9. The Morgan fingerprint density at radius 3 is 2.46 bits per heavy atom. The van der Waals surface area contributed by atoms with Gasteiger partial charge in [0, 0.05) is 31.0 Å². The van der Waals surface area contributed by atoms with E-state index in [1.165, 1.54) is 0 Å². The molecule has 0 aliphatic carbocycles. The maximum absolute atomic E-state index is 12.6. The molecule has 7 heteroatoms. The van der Waals surface area contributed by atoms with Gasteiger partial charge in [0.25, 0.3) is 5.91 Å². The number of hydrogen-bond acceptors (Lipinski definition) is 4. The van der Waals surface area contributed by atoms with Gasteiger partial charge in [-0.1, -0.05) is 12.1 Å². The van der Waals surface area contributed by atoms with Crippen LogP contribution in [0.4, 0.5) is 5.69 Å². The van der Waals surface area contributed by atoms with E-state index in [0.717, 1.165) is 22.9 Å². The molecule has 0 spiro atoms. The van der Waals surface area contributed by atoms with Gasteiger partial charge < -0.3 is 9.88 Å². The Labute approximate surface area is 140 Å². The van der Waals surface area contributed by atoms with E-state index in [4.69, 9.17) is 0 Å². The van der Waals surface area contributed by atoms with Gasteiger partial charge in [-0.3, -0.25) is 9.48 Å². The summed E-state index contributed by atoms with van der Waals surface area (Å²) in [6.45, 7) is 5.62. The van der Waals surface area contributed by atoms with Crippen LogP contribution in [0.2, 0.25) is 0 Å². The highest BCUT2D eigenvalue weighted by Gasteiger charge is 2.17. The Balaban J connectivity index is 1.90. The summed E-state index contributed by atoms with van der Waals surface area (Å²) in [5.41, 5.74) is 3.77. The molecule has 7 nitrogen and oxygen atoms in total. The second-order valence-electron chi connectivity index (χ2n) is 5.83. The monoisotopic (exact) mass is 324 g/mol. The summed E-state index contributed by atoms with van der Waals surface area (Å²) in [7, 11) is 3.74. The van der Waals surface area contributed by atoms with Gasteiger partial charge in [0.1, 0.15) is 5.82 Å². The van der Waals surface area contributed by atoms with Crippen LogP contribution in [0.15, 0.2) is 24.3 Å². The Hall–Kier alpha value is -2.96. The fraction of sp³-hybridized carbons (Fsp3) is 0.294. The van der Waals surface area contributed by atoms with Crippen molar-refractivity contribution < 1.29 is 4.79 Å². The Morgan fingerprint density at radius 2 is 1.88 bits per heavy atom. The number of carbonyl (C=O) groups is 1. The largest absolute Gasteiger partial charge is 0.322 e. The maximum atomic E-state index is 12.6. The molecule has 0 atom stereocenters. The van der Waals surface area contributed by atoms with Crippen molar-refractivity contribution in [3.63, 3.8) is 0 Å². The van der Waals surface area contributed by atoms with E-state index in [9.17, 15) is 4.79 Å². The van der Waals surface area contributed by atoms with Crippen molar-refractivity contribution in [2.45, 2.75) is 20.8 Å². The fourth-order valence-electron chi connectivity index (χ4n) is 2.69. The number of rotatable bonds is 3. The molecular formula is C17H20N6O. The van der Waals surface area contributed by atoms with E-state index in [2.05, 4.69) is 20.6 Å². The number of amides is 1.